The number of β-amino-alcohol motifs (C(OH)–C–C–N with tert-alkyl or cyclic N) is 1. The van der Waals surface area contributed by atoms with Gasteiger partial charge in [0.2, 0.25) is 0 Å². The molecule has 0 spiro atoms. The summed E-state index contributed by atoms with van der Waals surface area (Å²) in [6, 6.07) is 7.77. The summed E-state index contributed by atoms with van der Waals surface area (Å²) in [5.41, 5.74) is 0.0289. The molecule has 94 valence electrons. The largest absolute Gasteiger partial charge is 0.488 e. The monoisotopic (exact) mass is 235 g/mol. The van der Waals surface area contributed by atoms with Gasteiger partial charge in [-0.25, -0.2) is 0 Å². The summed E-state index contributed by atoms with van der Waals surface area (Å²) in [4.78, 5) is 2.09. The quantitative estimate of drug-likeness (QED) is 0.851. The third-order valence-electron chi connectivity index (χ3n) is 2.86. The number of rotatable bonds is 2. The first-order valence-electron chi connectivity index (χ1n) is 5.99. The molecule has 1 heterocycles. The summed E-state index contributed by atoms with van der Waals surface area (Å²) in [5, 5.41) is 10.4. The summed E-state index contributed by atoms with van der Waals surface area (Å²) in [6.45, 7) is 7.43. The van der Waals surface area contributed by atoms with Crippen LogP contribution in [0.2, 0.25) is 0 Å². The fraction of sp³-hybridized carbons (Fsp3) is 0.571. The van der Waals surface area contributed by atoms with E-state index in [0.717, 1.165) is 11.3 Å². The first kappa shape index (κ1) is 12.4. The normalized spacial score (nSPS) is 19.8. The summed E-state index contributed by atoms with van der Waals surface area (Å²) in [6.07, 6.45) is 0. The Morgan fingerprint density at radius 3 is 2.47 bits per heavy atom. The molecule has 1 aliphatic rings. The van der Waals surface area contributed by atoms with Crippen molar-refractivity contribution >= 4 is 0 Å². The second-order valence-corrected chi connectivity index (χ2v) is 5.95. The van der Waals surface area contributed by atoms with Gasteiger partial charge in [0.05, 0.1) is 0 Å². The van der Waals surface area contributed by atoms with Gasteiger partial charge in [0, 0.05) is 13.1 Å². The molecule has 0 unspecified atom stereocenters. The molecule has 0 saturated carbocycles. The number of aliphatic hydroxyl groups is 1. The van der Waals surface area contributed by atoms with Crippen LogP contribution in [0.25, 0.3) is 0 Å². The van der Waals surface area contributed by atoms with E-state index in [0.29, 0.717) is 13.1 Å². The maximum Gasteiger partial charge on any atom is 0.120 e. The Morgan fingerprint density at radius 2 is 1.94 bits per heavy atom. The van der Waals surface area contributed by atoms with Crippen molar-refractivity contribution in [2.75, 3.05) is 20.1 Å². The lowest BCUT2D eigenvalue weighted by molar-refractivity contribution is -0.0920. The molecule has 0 bridgehead atoms. The van der Waals surface area contributed by atoms with E-state index in [1.165, 1.54) is 0 Å². The lowest BCUT2D eigenvalue weighted by Gasteiger charge is -2.45. The second kappa shape index (κ2) is 4.00. The molecule has 0 atom stereocenters. The molecule has 3 nitrogen and oxygen atoms in total. The zero-order chi connectivity index (χ0) is 12.7. The van der Waals surface area contributed by atoms with Gasteiger partial charge in [-0.15, -0.1) is 0 Å². The summed E-state index contributed by atoms with van der Waals surface area (Å²) >= 11 is 0. The molecule has 3 heteroatoms. The highest BCUT2D eigenvalue weighted by atomic mass is 16.5. The Morgan fingerprint density at radius 1 is 1.29 bits per heavy atom. The van der Waals surface area contributed by atoms with Crippen LogP contribution in [-0.2, 0) is 5.60 Å². The number of likely N-dealkylation sites (N-methyl/N-ethyl adjacent to an activating group) is 1. The van der Waals surface area contributed by atoms with Crippen LogP contribution in [-0.4, -0.2) is 35.7 Å². The average Bonchev–Trinajstić information content (AvgIpc) is 2.13. The molecule has 0 aliphatic carbocycles. The lowest BCUT2D eigenvalue weighted by atomic mass is 9.86. The summed E-state index contributed by atoms with van der Waals surface area (Å²) in [7, 11) is 2.00. The smallest absolute Gasteiger partial charge is 0.120 e. The number of likely N-dealkylation sites (tertiary alicyclic amines) is 1. The van der Waals surface area contributed by atoms with Crippen molar-refractivity contribution < 1.29 is 9.84 Å². The minimum Gasteiger partial charge on any atom is -0.488 e. The molecule has 1 saturated heterocycles. The van der Waals surface area contributed by atoms with Crippen LogP contribution in [0.3, 0.4) is 0 Å². The van der Waals surface area contributed by atoms with E-state index in [9.17, 15) is 5.11 Å². The van der Waals surface area contributed by atoms with Crippen LogP contribution in [0.4, 0.5) is 0 Å². The SMILES string of the molecule is CN1CC(O)(c2cccc(OC(C)(C)C)c2)C1. The van der Waals surface area contributed by atoms with E-state index in [1.54, 1.807) is 0 Å². The van der Waals surface area contributed by atoms with Gasteiger partial charge in [0.25, 0.3) is 0 Å². The van der Waals surface area contributed by atoms with Gasteiger partial charge in [-0.1, -0.05) is 12.1 Å². The number of hydrogen-bond acceptors (Lipinski definition) is 3. The van der Waals surface area contributed by atoms with Crippen molar-refractivity contribution in [1.29, 1.82) is 0 Å². The zero-order valence-corrected chi connectivity index (χ0v) is 11.0. The third kappa shape index (κ3) is 2.79. The predicted octanol–water partition coefficient (Wildman–Crippen LogP) is 2.00. The fourth-order valence-corrected chi connectivity index (χ4v) is 2.23. The average molecular weight is 235 g/mol. The molecule has 2 rings (SSSR count). The van der Waals surface area contributed by atoms with Gasteiger partial charge in [0.15, 0.2) is 0 Å². The Hall–Kier alpha value is -1.06. The van der Waals surface area contributed by atoms with E-state index < -0.39 is 5.60 Å². The van der Waals surface area contributed by atoms with E-state index in [-0.39, 0.29) is 5.60 Å². The van der Waals surface area contributed by atoms with Gasteiger partial charge in [-0.05, 0) is 45.5 Å². The Kier molecular flexibility index (Phi) is 2.92. The van der Waals surface area contributed by atoms with Crippen molar-refractivity contribution in [3.63, 3.8) is 0 Å². The topological polar surface area (TPSA) is 32.7 Å². The van der Waals surface area contributed by atoms with Crippen molar-refractivity contribution in [2.24, 2.45) is 0 Å². The van der Waals surface area contributed by atoms with Gasteiger partial charge >= 0.3 is 0 Å². The first-order chi connectivity index (χ1) is 7.78. The predicted molar refractivity (Wildman–Crippen MR) is 68.2 cm³/mol. The van der Waals surface area contributed by atoms with E-state index in [4.69, 9.17) is 4.74 Å². The Balaban J connectivity index is 2.18. The highest BCUT2D eigenvalue weighted by Crippen LogP contribution is 2.33. The minimum absolute atomic E-state index is 0.211. The molecule has 17 heavy (non-hydrogen) atoms. The molecule has 1 aromatic rings. The number of nitrogens with zero attached hydrogens (tertiary/aromatic N) is 1. The molecule has 0 amide bonds. The highest BCUT2D eigenvalue weighted by Gasteiger charge is 2.40. The van der Waals surface area contributed by atoms with Gasteiger partial charge in [-0.2, -0.15) is 0 Å². The van der Waals surface area contributed by atoms with Gasteiger partial charge in [-0.3, -0.25) is 4.90 Å². The zero-order valence-electron chi connectivity index (χ0n) is 11.0. The van der Waals surface area contributed by atoms with E-state index >= 15 is 0 Å². The van der Waals surface area contributed by atoms with Gasteiger partial charge in [0.1, 0.15) is 17.0 Å². The van der Waals surface area contributed by atoms with Crippen molar-refractivity contribution in [3.8, 4) is 5.75 Å². The fourth-order valence-electron chi connectivity index (χ4n) is 2.23. The summed E-state index contributed by atoms with van der Waals surface area (Å²) in [5.74, 6) is 0.818. The number of hydrogen-bond donors (Lipinski definition) is 1. The third-order valence-corrected chi connectivity index (χ3v) is 2.86. The van der Waals surface area contributed by atoms with Crippen LogP contribution in [0.1, 0.15) is 26.3 Å². The van der Waals surface area contributed by atoms with Crippen LogP contribution in [0.5, 0.6) is 5.75 Å². The van der Waals surface area contributed by atoms with E-state index in [1.807, 2.05) is 52.1 Å². The van der Waals surface area contributed by atoms with Gasteiger partial charge < -0.3 is 9.84 Å². The maximum absolute atomic E-state index is 10.4. The van der Waals surface area contributed by atoms with Crippen molar-refractivity contribution in [3.05, 3.63) is 29.8 Å². The van der Waals surface area contributed by atoms with Crippen LogP contribution >= 0.6 is 0 Å². The lowest BCUT2D eigenvalue weighted by Crippen LogP contribution is -2.57. The molecular weight excluding hydrogens is 214 g/mol. The van der Waals surface area contributed by atoms with Crippen LogP contribution < -0.4 is 4.74 Å². The standard InChI is InChI=1S/C14H21NO2/c1-13(2,3)17-12-7-5-6-11(8-12)14(16)9-15(4)10-14/h5-8,16H,9-10H2,1-4H3. The summed E-state index contributed by atoms with van der Waals surface area (Å²) < 4.78 is 5.81. The Labute approximate surface area is 103 Å². The Bertz CT molecular complexity index is 403. The van der Waals surface area contributed by atoms with Crippen LogP contribution in [0, 0.1) is 0 Å². The molecule has 1 N–H and O–H groups in total. The number of benzene rings is 1. The van der Waals surface area contributed by atoms with E-state index in [2.05, 4.69) is 4.90 Å². The van der Waals surface area contributed by atoms with Crippen molar-refractivity contribution in [2.45, 2.75) is 32.0 Å². The second-order valence-electron chi connectivity index (χ2n) is 5.95. The molecule has 1 aliphatic heterocycles. The first-order valence-corrected chi connectivity index (χ1v) is 5.99. The number of ether oxygens (including phenoxy) is 1. The molecular formula is C14H21NO2. The molecule has 1 fully saturated rings. The van der Waals surface area contributed by atoms with Crippen molar-refractivity contribution in [1.82, 2.24) is 4.90 Å². The maximum atomic E-state index is 10.4. The highest BCUT2D eigenvalue weighted by molar-refractivity contribution is 5.34. The van der Waals surface area contributed by atoms with Crippen LogP contribution in [0.15, 0.2) is 24.3 Å². The molecule has 0 radical (unpaired) electrons. The minimum atomic E-state index is -0.702. The molecule has 0 aromatic heterocycles. The molecule has 1 aromatic carbocycles.